The Morgan fingerprint density at radius 1 is 0.760 bits per heavy atom. The van der Waals surface area contributed by atoms with Gasteiger partial charge in [-0.1, -0.05) is 60.7 Å². The molecule has 0 saturated heterocycles. The molecule has 0 unspecified atom stereocenters. The number of carbonyl (C=O) groups is 2. The molecule has 0 saturated carbocycles. The van der Waals surface area contributed by atoms with Crippen LogP contribution in [-0.4, -0.2) is 11.8 Å². The molecule has 1 radical (unpaired) electrons. The van der Waals surface area contributed by atoms with E-state index in [1.165, 1.54) is 4.90 Å². The number of benzene rings is 3. The van der Waals surface area contributed by atoms with Crippen LogP contribution in [0.25, 0.3) is 0 Å². The third kappa shape index (κ3) is 4.01. The van der Waals surface area contributed by atoms with Crippen molar-refractivity contribution < 1.29 is 9.59 Å². The quantitative estimate of drug-likeness (QED) is 0.716. The van der Waals surface area contributed by atoms with Gasteiger partial charge >= 0.3 is 0 Å². The minimum Gasteiger partial charge on any atom is -0.274 e. The lowest BCUT2D eigenvalue weighted by Gasteiger charge is -2.21. The SMILES string of the molecule is [CH2]c1ccc(N(C(=O)Cc2ccccc2)C(=O)c2ccccc2)cc1. The van der Waals surface area contributed by atoms with Gasteiger partial charge in [-0.05, 0) is 42.3 Å². The van der Waals surface area contributed by atoms with Crippen molar-refractivity contribution in [3.63, 3.8) is 0 Å². The van der Waals surface area contributed by atoms with E-state index in [9.17, 15) is 9.59 Å². The van der Waals surface area contributed by atoms with E-state index < -0.39 is 0 Å². The molecule has 0 aliphatic heterocycles. The summed E-state index contributed by atoms with van der Waals surface area (Å²) in [4.78, 5) is 27.1. The van der Waals surface area contributed by atoms with Gasteiger partial charge in [0.05, 0.1) is 12.1 Å². The van der Waals surface area contributed by atoms with Crippen molar-refractivity contribution >= 4 is 17.5 Å². The highest BCUT2D eigenvalue weighted by Gasteiger charge is 2.24. The molecule has 3 aromatic carbocycles. The van der Waals surface area contributed by atoms with Gasteiger partial charge < -0.3 is 0 Å². The molecule has 3 heteroatoms. The highest BCUT2D eigenvalue weighted by molar-refractivity contribution is 6.21. The third-order valence-corrected chi connectivity index (χ3v) is 3.87. The van der Waals surface area contributed by atoms with Crippen molar-refractivity contribution in [3.05, 3.63) is 109 Å². The van der Waals surface area contributed by atoms with E-state index in [0.717, 1.165) is 11.1 Å². The largest absolute Gasteiger partial charge is 0.274 e. The second kappa shape index (κ2) is 7.58. The van der Waals surface area contributed by atoms with Crippen LogP contribution in [0.3, 0.4) is 0 Å². The lowest BCUT2D eigenvalue weighted by atomic mass is 10.1. The summed E-state index contributed by atoms with van der Waals surface area (Å²) in [6.45, 7) is 3.85. The summed E-state index contributed by atoms with van der Waals surface area (Å²) in [6, 6.07) is 25.3. The summed E-state index contributed by atoms with van der Waals surface area (Å²) in [7, 11) is 0. The summed E-state index contributed by atoms with van der Waals surface area (Å²) in [5, 5.41) is 0. The van der Waals surface area contributed by atoms with Crippen LogP contribution in [0.15, 0.2) is 84.9 Å². The predicted molar refractivity (Wildman–Crippen MR) is 99.3 cm³/mol. The molecular formula is C22H18NO2. The molecule has 3 aromatic rings. The minimum absolute atomic E-state index is 0.158. The molecule has 0 aromatic heterocycles. The first kappa shape index (κ1) is 16.7. The zero-order chi connectivity index (χ0) is 17.6. The molecule has 0 aliphatic carbocycles. The maximum atomic E-state index is 13.0. The fourth-order valence-electron chi connectivity index (χ4n) is 2.58. The Balaban J connectivity index is 1.95. The van der Waals surface area contributed by atoms with Gasteiger partial charge in [-0.25, -0.2) is 4.90 Å². The molecule has 0 fully saturated rings. The number of hydrogen-bond donors (Lipinski definition) is 0. The number of amides is 2. The van der Waals surface area contributed by atoms with Crippen molar-refractivity contribution in [1.82, 2.24) is 0 Å². The van der Waals surface area contributed by atoms with Gasteiger partial charge in [0.25, 0.3) is 5.91 Å². The molecule has 0 spiro atoms. The van der Waals surface area contributed by atoms with Crippen LogP contribution in [0.4, 0.5) is 5.69 Å². The van der Waals surface area contributed by atoms with Gasteiger partial charge in [0.1, 0.15) is 0 Å². The molecule has 0 heterocycles. The number of hydrogen-bond acceptors (Lipinski definition) is 2. The van der Waals surface area contributed by atoms with E-state index in [1.807, 2.05) is 36.4 Å². The van der Waals surface area contributed by atoms with Crippen molar-refractivity contribution in [1.29, 1.82) is 0 Å². The Kier molecular flexibility index (Phi) is 5.05. The Hall–Kier alpha value is -3.20. The molecule has 0 atom stereocenters. The van der Waals surface area contributed by atoms with Crippen LogP contribution in [-0.2, 0) is 11.2 Å². The molecule has 0 aliphatic rings. The van der Waals surface area contributed by atoms with Crippen LogP contribution in [0.2, 0.25) is 0 Å². The molecule has 123 valence electrons. The second-order valence-corrected chi connectivity index (χ2v) is 5.73. The first-order valence-electron chi connectivity index (χ1n) is 8.03. The highest BCUT2D eigenvalue weighted by Crippen LogP contribution is 2.20. The maximum Gasteiger partial charge on any atom is 0.265 e. The first-order valence-corrected chi connectivity index (χ1v) is 8.03. The normalized spacial score (nSPS) is 10.3. The highest BCUT2D eigenvalue weighted by atomic mass is 16.2. The second-order valence-electron chi connectivity index (χ2n) is 5.73. The number of rotatable bonds is 4. The first-order chi connectivity index (χ1) is 12.1. The Morgan fingerprint density at radius 2 is 1.32 bits per heavy atom. The van der Waals surface area contributed by atoms with Crippen LogP contribution in [0.1, 0.15) is 21.5 Å². The van der Waals surface area contributed by atoms with E-state index in [-0.39, 0.29) is 18.2 Å². The molecule has 3 nitrogen and oxygen atoms in total. The summed E-state index contributed by atoms with van der Waals surface area (Å²) in [5.74, 6) is -0.602. The van der Waals surface area contributed by atoms with E-state index in [1.54, 1.807) is 48.5 Å². The fraction of sp³-hybridized carbons (Fsp3) is 0.0455. The van der Waals surface area contributed by atoms with Crippen LogP contribution in [0, 0.1) is 6.92 Å². The monoisotopic (exact) mass is 328 g/mol. The predicted octanol–water partition coefficient (Wildman–Crippen LogP) is 4.28. The van der Waals surface area contributed by atoms with Gasteiger partial charge in [0.15, 0.2) is 0 Å². The lowest BCUT2D eigenvalue weighted by molar-refractivity contribution is -0.117. The van der Waals surface area contributed by atoms with E-state index >= 15 is 0 Å². The van der Waals surface area contributed by atoms with E-state index in [4.69, 9.17) is 0 Å². The van der Waals surface area contributed by atoms with Crippen molar-refractivity contribution in [2.24, 2.45) is 0 Å². The van der Waals surface area contributed by atoms with Crippen molar-refractivity contribution in [2.45, 2.75) is 6.42 Å². The van der Waals surface area contributed by atoms with Crippen molar-refractivity contribution in [3.8, 4) is 0 Å². The third-order valence-electron chi connectivity index (χ3n) is 3.87. The van der Waals surface area contributed by atoms with Crippen LogP contribution in [0.5, 0.6) is 0 Å². The summed E-state index contributed by atoms with van der Waals surface area (Å²) >= 11 is 0. The molecular weight excluding hydrogens is 310 g/mol. The van der Waals surface area contributed by atoms with Crippen molar-refractivity contribution in [2.75, 3.05) is 4.90 Å². The van der Waals surface area contributed by atoms with Gasteiger partial charge in [-0.2, -0.15) is 0 Å². The van der Waals surface area contributed by atoms with E-state index in [2.05, 4.69) is 6.92 Å². The number of carbonyl (C=O) groups excluding carboxylic acids is 2. The Morgan fingerprint density at radius 3 is 1.92 bits per heavy atom. The fourth-order valence-corrected chi connectivity index (χ4v) is 2.58. The average molecular weight is 328 g/mol. The number of nitrogens with zero attached hydrogens (tertiary/aromatic N) is 1. The molecule has 0 bridgehead atoms. The smallest absolute Gasteiger partial charge is 0.265 e. The van der Waals surface area contributed by atoms with Gasteiger partial charge in [-0.3, -0.25) is 9.59 Å². The topological polar surface area (TPSA) is 37.4 Å². The molecule has 2 amide bonds. The average Bonchev–Trinajstić information content (AvgIpc) is 2.65. The van der Waals surface area contributed by atoms with Gasteiger partial charge in [0.2, 0.25) is 5.91 Å². The standard InChI is InChI=1S/C22H18NO2/c1-17-12-14-20(15-13-17)23(22(25)19-10-6-3-7-11-19)21(24)16-18-8-4-2-5-9-18/h2-15H,1,16H2. The molecule has 0 N–H and O–H groups in total. The van der Waals surface area contributed by atoms with Crippen LogP contribution < -0.4 is 4.90 Å². The summed E-state index contributed by atoms with van der Waals surface area (Å²) in [6.07, 6.45) is 0.158. The summed E-state index contributed by atoms with van der Waals surface area (Å²) in [5.41, 5.74) is 2.71. The molecule has 3 rings (SSSR count). The Labute approximate surface area is 147 Å². The lowest BCUT2D eigenvalue weighted by Crippen LogP contribution is -2.38. The Bertz CT molecular complexity index is 856. The van der Waals surface area contributed by atoms with Crippen LogP contribution >= 0.6 is 0 Å². The number of imide groups is 1. The summed E-state index contributed by atoms with van der Waals surface area (Å²) < 4.78 is 0. The maximum absolute atomic E-state index is 13.0. The molecule has 25 heavy (non-hydrogen) atoms. The van der Waals surface area contributed by atoms with Gasteiger partial charge in [-0.15, -0.1) is 0 Å². The minimum atomic E-state index is -0.335. The zero-order valence-corrected chi connectivity index (χ0v) is 13.8. The zero-order valence-electron chi connectivity index (χ0n) is 13.8. The van der Waals surface area contributed by atoms with Gasteiger partial charge in [0, 0.05) is 5.56 Å². The number of anilines is 1. The van der Waals surface area contributed by atoms with E-state index in [0.29, 0.717) is 11.3 Å².